The first-order valence-electron chi connectivity index (χ1n) is 19.2. The molecule has 0 unspecified atom stereocenters. The van der Waals surface area contributed by atoms with Crippen LogP contribution in [-0.4, -0.2) is 107 Å². The maximum Gasteiger partial charge on any atom is 0.490 e. The summed E-state index contributed by atoms with van der Waals surface area (Å²) in [5.74, 6) is -6.21. The third-order valence-corrected chi connectivity index (χ3v) is 8.12. The highest BCUT2D eigenvalue weighted by molar-refractivity contribution is 6.02. The van der Waals surface area contributed by atoms with Crippen LogP contribution in [0, 0.1) is 0 Å². The van der Waals surface area contributed by atoms with Gasteiger partial charge in [-0.05, 0) is 76.1 Å². The van der Waals surface area contributed by atoms with Gasteiger partial charge >= 0.3 is 24.3 Å². The quantitative estimate of drug-likeness (QED) is 0.0400. The predicted octanol–water partition coefficient (Wildman–Crippen LogP) is 5.16. The lowest BCUT2D eigenvalue weighted by molar-refractivity contribution is -0.193. The highest BCUT2D eigenvalue weighted by Gasteiger charge is 2.38. The molecule has 0 spiro atoms. The second-order valence-corrected chi connectivity index (χ2v) is 13.1. The van der Waals surface area contributed by atoms with E-state index in [0.717, 1.165) is 73.7 Å². The number of amides is 4. The lowest BCUT2D eigenvalue weighted by Gasteiger charge is -2.09. The van der Waals surface area contributed by atoms with E-state index in [9.17, 15) is 45.5 Å². The van der Waals surface area contributed by atoms with Crippen molar-refractivity contribution in [3.8, 4) is 0 Å². The minimum atomic E-state index is -5.08. The average Bonchev–Trinajstić information content (AvgIpc) is 3.22. The Morgan fingerprint density at radius 2 is 0.790 bits per heavy atom. The highest BCUT2D eigenvalue weighted by Crippen LogP contribution is 2.22. The molecule has 62 heavy (non-hydrogen) atoms. The molecule has 4 aromatic rings. The number of aromatic nitrogens is 2. The molecule has 0 radical (unpaired) electrons. The van der Waals surface area contributed by atoms with Gasteiger partial charge in [-0.25, -0.2) is 9.59 Å². The van der Waals surface area contributed by atoms with E-state index in [1.54, 1.807) is 12.4 Å². The molecule has 16 nitrogen and oxygen atoms in total. The first-order valence-corrected chi connectivity index (χ1v) is 19.2. The van der Waals surface area contributed by atoms with E-state index in [1.165, 1.54) is 0 Å². The minimum Gasteiger partial charge on any atom is -0.475 e. The van der Waals surface area contributed by atoms with Gasteiger partial charge in [0.2, 0.25) is 23.6 Å². The molecule has 338 valence electrons. The van der Waals surface area contributed by atoms with E-state index in [2.05, 4.69) is 41.9 Å². The van der Waals surface area contributed by atoms with Gasteiger partial charge in [-0.2, -0.15) is 26.3 Å². The van der Waals surface area contributed by atoms with Gasteiger partial charge in [0, 0.05) is 61.9 Å². The number of rotatable bonds is 21. The van der Waals surface area contributed by atoms with Crippen molar-refractivity contribution in [2.24, 2.45) is 0 Å². The fourth-order valence-corrected chi connectivity index (χ4v) is 5.10. The third-order valence-electron chi connectivity index (χ3n) is 8.12. The van der Waals surface area contributed by atoms with Crippen LogP contribution in [0.5, 0.6) is 0 Å². The number of nitrogens with zero attached hydrogens (tertiary/aromatic N) is 2. The van der Waals surface area contributed by atoms with E-state index in [0.29, 0.717) is 24.5 Å². The zero-order valence-corrected chi connectivity index (χ0v) is 33.3. The van der Waals surface area contributed by atoms with Crippen LogP contribution in [0.4, 0.5) is 37.7 Å². The highest BCUT2D eigenvalue weighted by atomic mass is 19.4. The molecule has 0 fully saturated rings. The molecule has 4 rings (SSSR count). The molecule has 0 aliphatic rings. The second kappa shape index (κ2) is 27.4. The summed E-state index contributed by atoms with van der Waals surface area (Å²) in [4.78, 5) is 75.3. The topological polar surface area (TPSA) is 241 Å². The molecule has 2 aromatic heterocycles. The van der Waals surface area contributed by atoms with Crippen LogP contribution < -0.4 is 31.9 Å². The normalized spacial score (nSPS) is 11.0. The number of aliphatic carboxylic acids is 2. The average molecular weight is 883 g/mol. The first-order chi connectivity index (χ1) is 29.4. The summed E-state index contributed by atoms with van der Waals surface area (Å²) in [5.41, 5.74) is 2.75. The van der Waals surface area contributed by atoms with Gasteiger partial charge in [0.15, 0.2) is 0 Å². The Kier molecular flexibility index (Phi) is 22.9. The Morgan fingerprint density at radius 1 is 0.468 bits per heavy atom. The Hall–Kier alpha value is -6.42. The maximum atomic E-state index is 12.3. The second-order valence-electron chi connectivity index (χ2n) is 13.1. The molecule has 0 bridgehead atoms. The van der Waals surface area contributed by atoms with Gasteiger partial charge in [-0.1, -0.05) is 36.4 Å². The summed E-state index contributed by atoms with van der Waals surface area (Å²) in [5, 5.41) is 34.4. The number of benzene rings is 2. The van der Waals surface area contributed by atoms with Gasteiger partial charge in [0.25, 0.3) is 0 Å². The van der Waals surface area contributed by atoms with Crippen molar-refractivity contribution >= 4 is 68.7 Å². The van der Waals surface area contributed by atoms with Gasteiger partial charge in [0.05, 0.1) is 22.4 Å². The van der Waals surface area contributed by atoms with E-state index < -0.39 is 24.3 Å². The number of unbranched alkanes of at least 4 members (excludes halogenated alkanes) is 1. The largest absolute Gasteiger partial charge is 0.490 e. The van der Waals surface area contributed by atoms with Crippen LogP contribution in [0.1, 0.15) is 51.4 Å². The lowest BCUT2D eigenvalue weighted by Crippen LogP contribution is -2.29. The van der Waals surface area contributed by atoms with Crippen molar-refractivity contribution in [1.29, 1.82) is 0 Å². The fourth-order valence-electron chi connectivity index (χ4n) is 5.10. The molecule has 22 heteroatoms. The molecule has 8 N–H and O–H groups in total. The van der Waals surface area contributed by atoms with Crippen molar-refractivity contribution in [3.63, 3.8) is 0 Å². The monoisotopic (exact) mass is 882 g/mol. The summed E-state index contributed by atoms with van der Waals surface area (Å²) in [6.45, 7) is 4.55. The van der Waals surface area contributed by atoms with Gasteiger partial charge < -0.3 is 42.1 Å². The van der Waals surface area contributed by atoms with E-state index in [4.69, 9.17) is 19.8 Å². The molecular weight excluding hydrogens is 834 g/mol. The van der Waals surface area contributed by atoms with Crippen molar-refractivity contribution in [2.45, 2.75) is 63.7 Å². The summed E-state index contributed by atoms with van der Waals surface area (Å²) in [7, 11) is 0. The SMILES string of the molecule is O=C(CCC(=O)Nc1cccc2cccnc12)NCCCNCCCCNCCCNC(=O)CCC(=O)Nc1cccc2cccnc12.O=C(O)C(F)(F)F.O=C(O)C(F)(F)F. The summed E-state index contributed by atoms with van der Waals surface area (Å²) in [6.07, 6.45) is -2.58. The number of carboxylic acids is 2. The lowest BCUT2D eigenvalue weighted by atomic mass is 10.2. The molecule has 0 atom stereocenters. The Labute approximate surface area is 351 Å². The third kappa shape index (κ3) is 21.7. The summed E-state index contributed by atoms with van der Waals surface area (Å²) >= 11 is 0. The number of alkyl halides is 6. The van der Waals surface area contributed by atoms with Gasteiger partial charge in [0.1, 0.15) is 0 Å². The standard InChI is InChI=1S/C36H46N8O4.2C2HF3O2/c45-31(15-17-33(47)43-29-13-3-9-27-11-5-23-41-35(27)29)39-25-7-21-37-19-1-2-20-38-22-8-26-40-32(46)16-18-34(48)44-30-14-4-10-28-12-6-24-42-36(28)30;2*3-2(4,5)1(6)7/h3-6,9-14,23-24,37-38H,1-2,7-8,15-22,25-26H2,(H,39,45)(H,40,46)(H,43,47)(H,44,48);2*(H,6,7). The number of para-hydroxylation sites is 2. The van der Waals surface area contributed by atoms with Crippen LogP contribution in [0.2, 0.25) is 0 Å². The van der Waals surface area contributed by atoms with Crippen molar-refractivity contribution < 1.29 is 65.3 Å². The number of halogens is 6. The van der Waals surface area contributed by atoms with Crippen LogP contribution in [0.25, 0.3) is 21.8 Å². The molecule has 0 aliphatic carbocycles. The van der Waals surface area contributed by atoms with E-state index in [-0.39, 0.29) is 49.3 Å². The van der Waals surface area contributed by atoms with Crippen LogP contribution in [0.3, 0.4) is 0 Å². The zero-order valence-electron chi connectivity index (χ0n) is 33.3. The first kappa shape index (κ1) is 51.7. The Bertz CT molecular complexity index is 1910. The number of pyridine rings is 2. The van der Waals surface area contributed by atoms with Crippen molar-refractivity contribution in [3.05, 3.63) is 73.1 Å². The number of hydrogen-bond acceptors (Lipinski definition) is 10. The van der Waals surface area contributed by atoms with Crippen LogP contribution >= 0.6 is 0 Å². The molecule has 0 saturated heterocycles. The van der Waals surface area contributed by atoms with Crippen molar-refractivity contribution in [1.82, 2.24) is 31.2 Å². The Morgan fingerprint density at radius 3 is 1.15 bits per heavy atom. The molecule has 2 heterocycles. The van der Waals surface area contributed by atoms with Crippen LogP contribution in [-0.2, 0) is 28.8 Å². The van der Waals surface area contributed by atoms with Crippen molar-refractivity contribution in [2.75, 3.05) is 49.9 Å². The molecule has 2 aromatic carbocycles. The van der Waals surface area contributed by atoms with E-state index in [1.807, 2.05) is 60.7 Å². The zero-order chi connectivity index (χ0) is 46.0. The smallest absolute Gasteiger partial charge is 0.475 e. The number of hydrogen-bond donors (Lipinski definition) is 8. The van der Waals surface area contributed by atoms with Gasteiger partial charge in [-0.15, -0.1) is 0 Å². The summed E-state index contributed by atoms with van der Waals surface area (Å²) < 4.78 is 63.5. The van der Waals surface area contributed by atoms with Crippen LogP contribution in [0.15, 0.2) is 73.1 Å². The van der Waals surface area contributed by atoms with Gasteiger partial charge in [-0.3, -0.25) is 29.1 Å². The minimum absolute atomic E-state index is 0.113. The molecular formula is C40H48F6N8O8. The fraction of sp³-hybridized carbons (Fsp3) is 0.400. The number of carbonyl (C=O) groups is 6. The Balaban J connectivity index is 0.000000811. The number of anilines is 2. The van der Waals surface area contributed by atoms with E-state index >= 15 is 0 Å². The maximum absolute atomic E-state index is 12.3. The molecule has 4 amide bonds. The molecule has 0 saturated carbocycles. The summed E-state index contributed by atoms with van der Waals surface area (Å²) in [6, 6.07) is 18.8. The number of fused-ring (bicyclic) bond motifs is 2. The molecule has 0 aliphatic heterocycles. The number of carboxylic acid groups (broad SMARTS) is 2. The number of carbonyl (C=O) groups excluding carboxylic acids is 4. The predicted molar refractivity (Wildman–Crippen MR) is 217 cm³/mol. The number of nitrogens with one attached hydrogen (secondary N) is 6.